The molecule has 1 aliphatic heterocycles. The molecule has 4 nitrogen and oxygen atoms in total. The standard InChI is InChI=1S/C23H25N3O/c1-18-12-15-24-22(25-18)26-16-13-21(14-17-26)23(27,19-8-4-2-5-9-19)20-10-6-3-7-11-20/h2-12,15,21,27H,13-14,16-17H2,1H3. The lowest BCUT2D eigenvalue weighted by atomic mass is 9.72. The van der Waals surface area contributed by atoms with E-state index in [1.54, 1.807) is 0 Å². The zero-order valence-electron chi connectivity index (χ0n) is 15.6. The first-order chi connectivity index (χ1) is 13.2. The van der Waals surface area contributed by atoms with Crippen LogP contribution in [0.3, 0.4) is 0 Å². The molecule has 4 rings (SSSR count). The summed E-state index contributed by atoms with van der Waals surface area (Å²) in [4.78, 5) is 11.2. The van der Waals surface area contributed by atoms with E-state index in [1.807, 2.05) is 79.9 Å². The molecule has 1 saturated heterocycles. The molecular weight excluding hydrogens is 334 g/mol. The Morgan fingerprint density at radius 1 is 0.889 bits per heavy atom. The van der Waals surface area contributed by atoms with Gasteiger partial charge in [0.25, 0.3) is 0 Å². The maximum atomic E-state index is 11.9. The van der Waals surface area contributed by atoms with Gasteiger partial charge in [0.05, 0.1) is 0 Å². The van der Waals surface area contributed by atoms with Crippen molar-refractivity contribution >= 4 is 5.95 Å². The maximum Gasteiger partial charge on any atom is 0.225 e. The van der Waals surface area contributed by atoms with E-state index < -0.39 is 5.60 Å². The predicted octanol–water partition coefficient (Wildman–Crippen LogP) is 3.94. The summed E-state index contributed by atoms with van der Waals surface area (Å²) in [5.74, 6) is 0.930. The molecule has 0 amide bonds. The van der Waals surface area contributed by atoms with Crippen LogP contribution in [0.4, 0.5) is 5.95 Å². The Kier molecular flexibility index (Phi) is 4.90. The van der Waals surface area contributed by atoms with Gasteiger partial charge in [-0.25, -0.2) is 9.97 Å². The second-order valence-electron chi connectivity index (χ2n) is 7.26. The molecule has 1 N–H and O–H groups in total. The highest BCUT2D eigenvalue weighted by atomic mass is 16.3. The van der Waals surface area contributed by atoms with E-state index >= 15 is 0 Å². The zero-order valence-corrected chi connectivity index (χ0v) is 15.6. The van der Waals surface area contributed by atoms with E-state index in [-0.39, 0.29) is 5.92 Å². The number of hydrogen-bond acceptors (Lipinski definition) is 4. The van der Waals surface area contributed by atoms with Crippen LogP contribution in [0, 0.1) is 12.8 Å². The fraction of sp³-hybridized carbons (Fsp3) is 0.304. The number of benzene rings is 2. The number of aliphatic hydroxyl groups is 1. The van der Waals surface area contributed by atoms with E-state index in [9.17, 15) is 5.11 Å². The van der Waals surface area contributed by atoms with Crippen LogP contribution in [0.25, 0.3) is 0 Å². The fourth-order valence-electron chi connectivity index (χ4n) is 4.11. The number of anilines is 1. The summed E-state index contributed by atoms with van der Waals surface area (Å²) in [5, 5.41) is 11.9. The summed E-state index contributed by atoms with van der Waals surface area (Å²) >= 11 is 0. The zero-order chi connectivity index (χ0) is 18.7. The molecule has 1 aromatic heterocycles. The highest BCUT2D eigenvalue weighted by molar-refractivity contribution is 5.38. The van der Waals surface area contributed by atoms with Crippen LogP contribution in [-0.4, -0.2) is 28.2 Å². The molecule has 0 spiro atoms. The van der Waals surface area contributed by atoms with E-state index in [2.05, 4.69) is 14.9 Å². The monoisotopic (exact) mass is 359 g/mol. The van der Waals surface area contributed by atoms with Crippen molar-refractivity contribution in [1.82, 2.24) is 9.97 Å². The molecule has 0 radical (unpaired) electrons. The average Bonchev–Trinajstić information content (AvgIpc) is 2.74. The minimum atomic E-state index is -0.984. The summed E-state index contributed by atoms with van der Waals surface area (Å²) in [6, 6.07) is 22.0. The summed E-state index contributed by atoms with van der Waals surface area (Å²) in [5.41, 5.74) is 1.91. The topological polar surface area (TPSA) is 49.2 Å². The Morgan fingerprint density at radius 3 is 1.96 bits per heavy atom. The van der Waals surface area contributed by atoms with Crippen molar-refractivity contribution in [3.05, 3.63) is 89.7 Å². The Hall–Kier alpha value is -2.72. The van der Waals surface area contributed by atoms with Crippen LogP contribution in [-0.2, 0) is 5.60 Å². The average molecular weight is 359 g/mol. The molecule has 1 fully saturated rings. The van der Waals surface area contributed by atoms with Gasteiger partial charge in [-0.2, -0.15) is 0 Å². The Balaban J connectivity index is 1.61. The van der Waals surface area contributed by atoms with Crippen LogP contribution in [0.2, 0.25) is 0 Å². The van der Waals surface area contributed by atoms with Crippen molar-refractivity contribution < 1.29 is 5.11 Å². The highest BCUT2D eigenvalue weighted by Gasteiger charge is 2.41. The van der Waals surface area contributed by atoms with Gasteiger partial charge in [-0.1, -0.05) is 60.7 Å². The molecule has 2 aromatic carbocycles. The van der Waals surface area contributed by atoms with Gasteiger partial charge >= 0.3 is 0 Å². The molecule has 2 heterocycles. The molecule has 0 aliphatic carbocycles. The summed E-state index contributed by atoms with van der Waals surface area (Å²) in [6.45, 7) is 3.67. The molecule has 0 atom stereocenters. The van der Waals surface area contributed by atoms with E-state index in [1.165, 1.54) is 0 Å². The summed E-state index contributed by atoms with van der Waals surface area (Å²) < 4.78 is 0. The lowest BCUT2D eigenvalue weighted by Gasteiger charge is -2.42. The van der Waals surface area contributed by atoms with Gasteiger partial charge in [-0.05, 0) is 42.9 Å². The first-order valence-electron chi connectivity index (χ1n) is 9.56. The maximum absolute atomic E-state index is 11.9. The van der Waals surface area contributed by atoms with Gasteiger partial charge in [-0.3, -0.25) is 0 Å². The Bertz CT molecular complexity index is 835. The fourth-order valence-corrected chi connectivity index (χ4v) is 4.11. The minimum Gasteiger partial charge on any atom is -0.380 e. The second-order valence-corrected chi connectivity index (χ2v) is 7.26. The van der Waals surface area contributed by atoms with Gasteiger partial charge in [0.15, 0.2) is 0 Å². The number of hydrogen-bond donors (Lipinski definition) is 1. The van der Waals surface area contributed by atoms with Crippen molar-refractivity contribution in [3.8, 4) is 0 Å². The lowest BCUT2D eigenvalue weighted by Crippen LogP contribution is -2.44. The van der Waals surface area contributed by atoms with Crippen LogP contribution in [0.5, 0.6) is 0 Å². The van der Waals surface area contributed by atoms with Crippen LogP contribution in [0.15, 0.2) is 72.9 Å². The molecular formula is C23H25N3O. The molecule has 138 valence electrons. The normalized spacial score (nSPS) is 15.7. The molecule has 27 heavy (non-hydrogen) atoms. The number of rotatable bonds is 4. The Morgan fingerprint density at radius 2 is 1.44 bits per heavy atom. The summed E-state index contributed by atoms with van der Waals surface area (Å²) in [6.07, 6.45) is 3.59. The van der Waals surface area contributed by atoms with E-state index in [4.69, 9.17) is 0 Å². The predicted molar refractivity (Wildman–Crippen MR) is 108 cm³/mol. The third-order valence-electron chi connectivity index (χ3n) is 5.58. The number of aromatic nitrogens is 2. The second kappa shape index (κ2) is 7.49. The van der Waals surface area contributed by atoms with Crippen molar-refractivity contribution in [1.29, 1.82) is 0 Å². The smallest absolute Gasteiger partial charge is 0.225 e. The summed E-state index contributed by atoms with van der Waals surface area (Å²) in [7, 11) is 0. The van der Waals surface area contributed by atoms with Crippen LogP contribution >= 0.6 is 0 Å². The van der Waals surface area contributed by atoms with Crippen molar-refractivity contribution in [2.24, 2.45) is 5.92 Å². The van der Waals surface area contributed by atoms with Gasteiger partial charge in [0.2, 0.25) is 5.95 Å². The van der Waals surface area contributed by atoms with Gasteiger partial charge in [0, 0.05) is 25.0 Å². The van der Waals surface area contributed by atoms with E-state index in [0.29, 0.717) is 0 Å². The quantitative estimate of drug-likeness (QED) is 0.767. The number of aryl methyl sites for hydroxylation is 1. The van der Waals surface area contributed by atoms with Crippen molar-refractivity contribution in [2.75, 3.05) is 18.0 Å². The molecule has 0 bridgehead atoms. The van der Waals surface area contributed by atoms with Gasteiger partial charge < -0.3 is 10.0 Å². The molecule has 0 unspecified atom stereocenters. The SMILES string of the molecule is Cc1ccnc(N2CCC(C(O)(c3ccccc3)c3ccccc3)CC2)n1. The first kappa shape index (κ1) is 17.7. The molecule has 4 heteroatoms. The highest BCUT2D eigenvalue weighted by Crippen LogP contribution is 2.42. The number of piperidine rings is 1. The van der Waals surface area contributed by atoms with Crippen LogP contribution in [0.1, 0.15) is 29.7 Å². The van der Waals surface area contributed by atoms with Crippen molar-refractivity contribution in [2.45, 2.75) is 25.4 Å². The molecule has 3 aromatic rings. The van der Waals surface area contributed by atoms with Crippen molar-refractivity contribution in [3.63, 3.8) is 0 Å². The third kappa shape index (κ3) is 3.45. The molecule has 1 aliphatic rings. The lowest BCUT2D eigenvalue weighted by molar-refractivity contribution is 0.00494. The molecule has 0 saturated carbocycles. The van der Waals surface area contributed by atoms with Crippen LogP contribution < -0.4 is 4.90 Å². The number of nitrogens with zero attached hydrogens (tertiary/aromatic N) is 3. The third-order valence-corrected chi connectivity index (χ3v) is 5.58. The largest absolute Gasteiger partial charge is 0.380 e. The minimum absolute atomic E-state index is 0.142. The van der Waals surface area contributed by atoms with E-state index in [0.717, 1.165) is 48.7 Å². The first-order valence-corrected chi connectivity index (χ1v) is 9.56. The Labute approximate surface area is 160 Å². The van der Waals surface area contributed by atoms with Gasteiger partial charge in [0.1, 0.15) is 5.60 Å². The van der Waals surface area contributed by atoms with Gasteiger partial charge in [-0.15, -0.1) is 0 Å².